The van der Waals surface area contributed by atoms with Crippen LogP contribution in [0.4, 0.5) is 0 Å². The van der Waals surface area contributed by atoms with Crippen molar-refractivity contribution in [1.29, 1.82) is 0 Å². The summed E-state index contributed by atoms with van der Waals surface area (Å²) in [4.78, 5) is 7.15. The van der Waals surface area contributed by atoms with Gasteiger partial charge in [-0.05, 0) is 0 Å². The fraction of sp³-hybridized carbons (Fsp3) is 0.571. The topological polar surface area (TPSA) is 28.7 Å². The van der Waals surface area contributed by atoms with Gasteiger partial charge in [-0.25, -0.2) is 4.98 Å². The van der Waals surface area contributed by atoms with Crippen LogP contribution in [0.15, 0.2) is 17.6 Å². The Bertz CT molecular complexity index is 186. The number of rotatable bonds is 1. The zero-order valence-corrected chi connectivity index (χ0v) is 7.33. The van der Waals surface area contributed by atoms with Gasteiger partial charge in [0.2, 0.25) is 0 Å². The van der Waals surface area contributed by atoms with E-state index in [0.29, 0.717) is 0 Å². The molecule has 0 saturated heterocycles. The van der Waals surface area contributed by atoms with Crippen LogP contribution in [0.3, 0.4) is 0 Å². The van der Waals surface area contributed by atoms with E-state index in [1.807, 2.05) is 6.20 Å². The van der Waals surface area contributed by atoms with Gasteiger partial charge in [-0.1, -0.05) is 32.5 Å². The third kappa shape index (κ3) is 2.43. The highest BCUT2D eigenvalue weighted by Crippen LogP contribution is 2.28. The molecular formula is C7H12N2S. The Balaban J connectivity index is 2.57. The minimum atomic E-state index is 0.248. The molecular weight excluding hydrogens is 144 g/mol. The van der Waals surface area contributed by atoms with Crippen LogP contribution in [-0.4, -0.2) is 14.7 Å². The van der Waals surface area contributed by atoms with Gasteiger partial charge in [0.25, 0.3) is 0 Å². The standard InChI is InChI=1S/C7H12N2S/c1-7(2,3)10-6-8-4-5-9-6/h4-5H,1-3H3,(H,8,9). The summed E-state index contributed by atoms with van der Waals surface area (Å²) in [5, 5.41) is 0.993. The molecule has 0 radical (unpaired) electrons. The summed E-state index contributed by atoms with van der Waals surface area (Å²) in [6.45, 7) is 6.50. The molecule has 1 N–H and O–H groups in total. The van der Waals surface area contributed by atoms with E-state index in [0.717, 1.165) is 5.16 Å². The van der Waals surface area contributed by atoms with Crippen molar-refractivity contribution in [2.75, 3.05) is 0 Å². The van der Waals surface area contributed by atoms with Crippen molar-refractivity contribution in [1.82, 2.24) is 9.97 Å². The average molecular weight is 156 g/mol. The van der Waals surface area contributed by atoms with Crippen molar-refractivity contribution in [3.8, 4) is 0 Å². The molecule has 1 aromatic rings. The molecule has 0 bridgehead atoms. The van der Waals surface area contributed by atoms with Crippen molar-refractivity contribution in [2.24, 2.45) is 0 Å². The van der Waals surface area contributed by atoms with E-state index in [1.165, 1.54) is 0 Å². The summed E-state index contributed by atoms with van der Waals surface area (Å²) in [7, 11) is 0. The van der Waals surface area contributed by atoms with Crippen LogP contribution in [-0.2, 0) is 0 Å². The second-order valence-corrected chi connectivity index (χ2v) is 4.92. The largest absolute Gasteiger partial charge is 0.340 e. The maximum absolute atomic E-state index is 4.11. The first-order valence-corrected chi connectivity index (χ1v) is 4.08. The molecule has 0 aromatic carbocycles. The number of aromatic nitrogens is 2. The molecule has 10 heavy (non-hydrogen) atoms. The van der Waals surface area contributed by atoms with Crippen molar-refractivity contribution in [3.05, 3.63) is 12.4 Å². The first-order valence-electron chi connectivity index (χ1n) is 3.26. The molecule has 0 aliphatic rings. The Morgan fingerprint density at radius 2 is 2.20 bits per heavy atom. The summed E-state index contributed by atoms with van der Waals surface area (Å²) in [6, 6.07) is 0. The number of nitrogens with zero attached hydrogens (tertiary/aromatic N) is 1. The van der Waals surface area contributed by atoms with Crippen molar-refractivity contribution >= 4 is 11.8 Å². The normalized spacial score (nSPS) is 11.9. The van der Waals surface area contributed by atoms with Gasteiger partial charge in [-0.15, -0.1) is 0 Å². The lowest BCUT2D eigenvalue weighted by molar-refractivity contribution is 0.795. The molecule has 0 fully saturated rings. The minimum Gasteiger partial charge on any atom is -0.340 e. The zero-order chi connectivity index (χ0) is 7.61. The molecule has 0 saturated carbocycles. The molecule has 1 heterocycles. The molecule has 1 aromatic heterocycles. The predicted molar refractivity (Wildman–Crippen MR) is 44.2 cm³/mol. The van der Waals surface area contributed by atoms with Gasteiger partial charge in [0, 0.05) is 17.1 Å². The molecule has 0 amide bonds. The van der Waals surface area contributed by atoms with Crippen LogP contribution in [0, 0.1) is 0 Å². The lowest BCUT2D eigenvalue weighted by atomic mass is 10.3. The van der Waals surface area contributed by atoms with Crippen molar-refractivity contribution in [3.63, 3.8) is 0 Å². The van der Waals surface area contributed by atoms with Crippen molar-refractivity contribution < 1.29 is 0 Å². The number of aromatic amines is 1. The van der Waals surface area contributed by atoms with Crippen LogP contribution >= 0.6 is 11.8 Å². The van der Waals surface area contributed by atoms with Gasteiger partial charge < -0.3 is 4.98 Å². The highest BCUT2D eigenvalue weighted by molar-refractivity contribution is 8.00. The third-order valence-electron chi connectivity index (χ3n) is 0.876. The number of hydrogen-bond acceptors (Lipinski definition) is 2. The molecule has 0 aliphatic heterocycles. The number of H-pyrrole nitrogens is 1. The Labute approximate surface area is 65.4 Å². The SMILES string of the molecule is CC(C)(C)Sc1ncc[nH]1. The molecule has 0 aliphatic carbocycles. The number of imidazole rings is 1. The van der Waals surface area contributed by atoms with Crippen LogP contribution in [0.5, 0.6) is 0 Å². The van der Waals surface area contributed by atoms with E-state index in [9.17, 15) is 0 Å². The van der Waals surface area contributed by atoms with Gasteiger partial charge >= 0.3 is 0 Å². The highest BCUT2D eigenvalue weighted by Gasteiger charge is 2.12. The molecule has 56 valence electrons. The fourth-order valence-corrected chi connectivity index (χ4v) is 1.42. The molecule has 3 heteroatoms. The minimum absolute atomic E-state index is 0.248. The molecule has 0 spiro atoms. The van der Waals surface area contributed by atoms with Gasteiger partial charge in [0.05, 0.1) is 0 Å². The highest BCUT2D eigenvalue weighted by atomic mass is 32.2. The fourth-order valence-electron chi connectivity index (χ4n) is 0.597. The lowest BCUT2D eigenvalue weighted by Crippen LogP contribution is -2.06. The summed E-state index contributed by atoms with van der Waals surface area (Å²) >= 11 is 1.74. The summed E-state index contributed by atoms with van der Waals surface area (Å²) < 4.78 is 0.248. The second-order valence-electron chi connectivity index (χ2n) is 3.11. The Morgan fingerprint density at radius 3 is 2.60 bits per heavy atom. The molecule has 2 nitrogen and oxygen atoms in total. The average Bonchev–Trinajstić information content (AvgIpc) is 2.12. The van der Waals surface area contributed by atoms with E-state index >= 15 is 0 Å². The van der Waals surface area contributed by atoms with Crippen LogP contribution < -0.4 is 0 Å². The monoisotopic (exact) mass is 156 g/mol. The van der Waals surface area contributed by atoms with E-state index in [1.54, 1.807) is 18.0 Å². The Hall–Kier alpha value is -0.440. The quantitative estimate of drug-likeness (QED) is 0.632. The first-order chi connectivity index (χ1) is 4.58. The number of thioether (sulfide) groups is 1. The van der Waals surface area contributed by atoms with E-state index in [2.05, 4.69) is 30.7 Å². The molecule has 0 unspecified atom stereocenters. The molecule has 1 rings (SSSR count). The zero-order valence-electron chi connectivity index (χ0n) is 6.51. The summed E-state index contributed by atoms with van der Waals surface area (Å²) in [5.41, 5.74) is 0. The number of hydrogen-bond donors (Lipinski definition) is 1. The van der Waals surface area contributed by atoms with Gasteiger partial charge in [-0.3, -0.25) is 0 Å². The smallest absolute Gasteiger partial charge is 0.165 e. The van der Waals surface area contributed by atoms with E-state index in [-0.39, 0.29) is 4.75 Å². The Morgan fingerprint density at radius 1 is 1.50 bits per heavy atom. The maximum atomic E-state index is 4.11. The summed E-state index contributed by atoms with van der Waals surface area (Å²) in [5.74, 6) is 0. The third-order valence-corrected chi connectivity index (χ3v) is 1.90. The lowest BCUT2D eigenvalue weighted by Gasteiger charge is -2.14. The Kier molecular flexibility index (Phi) is 2.04. The van der Waals surface area contributed by atoms with E-state index in [4.69, 9.17) is 0 Å². The van der Waals surface area contributed by atoms with Crippen molar-refractivity contribution in [2.45, 2.75) is 30.7 Å². The van der Waals surface area contributed by atoms with Gasteiger partial charge in [0.15, 0.2) is 5.16 Å². The summed E-state index contributed by atoms with van der Waals surface area (Å²) in [6.07, 6.45) is 3.61. The number of nitrogens with one attached hydrogen (secondary N) is 1. The predicted octanol–water partition coefficient (Wildman–Crippen LogP) is 2.30. The van der Waals surface area contributed by atoms with E-state index < -0.39 is 0 Å². The maximum Gasteiger partial charge on any atom is 0.165 e. The van der Waals surface area contributed by atoms with Crippen LogP contribution in [0.1, 0.15) is 20.8 Å². The van der Waals surface area contributed by atoms with Gasteiger partial charge in [-0.2, -0.15) is 0 Å². The second kappa shape index (κ2) is 2.66. The van der Waals surface area contributed by atoms with Gasteiger partial charge in [0.1, 0.15) is 0 Å². The van der Waals surface area contributed by atoms with Crippen LogP contribution in [0.2, 0.25) is 0 Å². The van der Waals surface area contributed by atoms with Crippen LogP contribution in [0.25, 0.3) is 0 Å². The molecule has 0 atom stereocenters. The first kappa shape index (κ1) is 7.66.